The van der Waals surface area contributed by atoms with Gasteiger partial charge in [0.1, 0.15) is 5.75 Å². The molecule has 1 amide bonds. The first kappa shape index (κ1) is 18.2. The number of fused-ring (bicyclic) bond motifs is 1. The number of aryl methyl sites for hydroxylation is 1. The molecule has 2 aromatic rings. The molecule has 1 aliphatic heterocycles. The summed E-state index contributed by atoms with van der Waals surface area (Å²) in [5, 5.41) is 0. The monoisotopic (exact) mass is 351 g/mol. The average molecular weight is 351 g/mol. The standard InChI is InChI=1S/C22H25NO3/c1-5-19(24)17-10-11-20-18(12-17)23(22(25)21(26-20)14(2)3)13-16-8-6-15(4)7-9-16/h6-12,14,21H,5,13H2,1-4H3. The number of Topliss-reactive ketones (excluding diaryl/α,β-unsaturated/α-hetero) is 1. The molecule has 0 aromatic heterocycles. The molecule has 2 aromatic carbocycles. The molecule has 26 heavy (non-hydrogen) atoms. The van der Waals surface area contributed by atoms with E-state index in [1.165, 1.54) is 5.56 Å². The number of nitrogens with zero attached hydrogens (tertiary/aromatic N) is 1. The minimum absolute atomic E-state index is 0.0570. The number of ether oxygens (including phenoxy) is 1. The topological polar surface area (TPSA) is 46.6 Å². The van der Waals surface area contributed by atoms with Gasteiger partial charge in [-0.2, -0.15) is 0 Å². The molecular weight excluding hydrogens is 326 g/mol. The Balaban J connectivity index is 2.03. The maximum Gasteiger partial charge on any atom is 0.268 e. The van der Waals surface area contributed by atoms with Gasteiger partial charge < -0.3 is 9.64 Å². The van der Waals surface area contributed by atoms with Crippen LogP contribution in [0.1, 0.15) is 48.7 Å². The Bertz CT molecular complexity index is 824. The second-order valence-electron chi connectivity index (χ2n) is 7.15. The SMILES string of the molecule is CCC(=O)c1ccc2c(c1)N(Cc1ccc(C)cc1)C(=O)C(C(C)C)O2. The normalized spacial score (nSPS) is 16.4. The molecule has 1 heterocycles. The molecule has 136 valence electrons. The molecule has 1 aliphatic rings. The van der Waals surface area contributed by atoms with Gasteiger partial charge in [-0.3, -0.25) is 9.59 Å². The first-order valence-electron chi connectivity index (χ1n) is 9.11. The number of hydrogen-bond donors (Lipinski definition) is 0. The summed E-state index contributed by atoms with van der Waals surface area (Å²) in [5.41, 5.74) is 3.51. The molecule has 0 bridgehead atoms. The van der Waals surface area contributed by atoms with E-state index >= 15 is 0 Å². The Morgan fingerprint density at radius 1 is 1.15 bits per heavy atom. The summed E-state index contributed by atoms with van der Waals surface area (Å²) in [6, 6.07) is 13.5. The fraction of sp³-hybridized carbons (Fsp3) is 0.364. The Kier molecular flexibility index (Phi) is 5.12. The second-order valence-corrected chi connectivity index (χ2v) is 7.15. The number of benzene rings is 2. The molecule has 0 saturated heterocycles. The van der Waals surface area contributed by atoms with Crippen molar-refractivity contribution in [2.24, 2.45) is 5.92 Å². The van der Waals surface area contributed by atoms with E-state index < -0.39 is 6.10 Å². The predicted octanol–water partition coefficient (Wildman–Crippen LogP) is 4.54. The highest BCUT2D eigenvalue weighted by Gasteiger charge is 2.36. The summed E-state index contributed by atoms with van der Waals surface area (Å²) in [6.45, 7) is 8.29. The second kappa shape index (κ2) is 7.32. The number of anilines is 1. The molecule has 3 rings (SSSR count). The van der Waals surface area contributed by atoms with Gasteiger partial charge in [0.05, 0.1) is 12.2 Å². The van der Waals surface area contributed by atoms with Gasteiger partial charge in [-0.05, 0) is 36.6 Å². The Labute approximate surface area is 154 Å². The number of carbonyl (C=O) groups excluding carboxylic acids is 2. The molecule has 4 nitrogen and oxygen atoms in total. The molecule has 0 N–H and O–H groups in total. The number of hydrogen-bond acceptors (Lipinski definition) is 3. The molecular formula is C22H25NO3. The summed E-state index contributed by atoms with van der Waals surface area (Å²) >= 11 is 0. The van der Waals surface area contributed by atoms with Crippen molar-refractivity contribution in [1.29, 1.82) is 0 Å². The summed E-state index contributed by atoms with van der Waals surface area (Å²) in [6.07, 6.45) is -0.0825. The van der Waals surface area contributed by atoms with Crippen molar-refractivity contribution < 1.29 is 14.3 Å². The van der Waals surface area contributed by atoms with Crippen LogP contribution in [0.4, 0.5) is 5.69 Å². The molecule has 0 fully saturated rings. The zero-order valence-electron chi connectivity index (χ0n) is 15.8. The van der Waals surface area contributed by atoms with E-state index in [0.717, 1.165) is 5.56 Å². The van der Waals surface area contributed by atoms with Crippen LogP contribution in [0.2, 0.25) is 0 Å². The van der Waals surface area contributed by atoms with Gasteiger partial charge in [0.15, 0.2) is 11.9 Å². The van der Waals surface area contributed by atoms with E-state index in [1.807, 2.05) is 58.0 Å². The molecule has 0 saturated carbocycles. The van der Waals surface area contributed by atoms with Crippen LogP contribution in [-0.4, -0.2) is 17.8 Å². The van der Waals surface area contributed by atoms with E-state index in [0.29, 0.717) is 30.0 Å². The van der Waals surface area contributed by atoms with Crippen molar-refractivity contribution in [3.8, 4) is 5.75 Å². The summed E-state index contributed by atoms with van der Waals surface area (Å²) in [5.74, 6) is 0.715. The van der Waals surface area contributed by atoms with Crippen LogP contribution in [0, 0.1) is 12.8 Å². The van der Waals surface area contributed by atoms with Crippen molar-refractivity contribution in [2.45, 2.75) is 46.8 Å². The third kappa shape index (κ3) is 3.50. The third-order valence-electron chi connectivity index (χ3n) is 4.72. The van der Waals surface area contributed by atoms with Crippen LogP contribution in [0.15, 0.2) is 42.5 Å². The largest absolute Gasteiger partial charge is 0.478 e. The lowest BCUT2D eigenvalue weighted by Crippen LogP contribution is -2.48. The lowest BCUT2D eigenvalue weighted by Gasteiger charge is -2.36. The van der Waals surface area contributed by atoms with Crippen LogP contribution in [0.25, 0.3) is 0 Å². The Morgan fingerprint density at radius 3 is 2.46 bits per heavy atom. The average Bonchev–Trinajstić information content (AvgIpc) is 2.64. The Hall–Kier alpha value is -2.62. The third-order valence-corrected chi connectivity index (χ3v) is 4.72. The van der Waals surface area contributed by atoms with Crippen molar-refractivity contribution in [3.63, 3.8) is 0 Å². The highest BCUT2D eigenvalue weighted by Crippen LogP contribution is 2.37. The number of amides is 1. The van der Waals surface area contributed by atoms with Crippen molar-refractivity contribution in [1.82, 2.24) is 0 Å². The molecule has 1 unspecified atom stereocenters. The van der Waals surface area contributed by atoms with Crippen LogP contribution in [-0.2, 0) is 11.3 Å². The van der Waals surface area contributed by atoms with Gasteiger partial charge in [0.2, 0.25) is 0 Å². The smallest absolute Gasteiger partial charge is 0.268 e. The zero-order chi connectivity index (χ0) is 18.8. The maximum absolute atomic E-state index is 13.1. The first-order valence-corrected chi connectivity index (χ1v) is 9.11. The first-order chi connectivity index (χ1) is 12.4. The van der Waals surface area contributed by atoms with Crippen LogP contribution >= 0.6 is 0 Å². The van der Waals surface area contributed by atoms with Crippen LogP contribution < -0.4 is 9.64 Å². The highest BCUT2D eigenvalue weighted by molar-refractivity contribution is 6.03. The number of rotatable bonds is 5. The fourth-order valence-corrected chi connectivity index (χ4v) is 3.13. The van der Waals surface area contributed by atoms with E-state index in [-0.39, 0.29) is 17.6 Å². The minimum atomic E-state index is -0.513. The zero-order valence-corrected chi connectivity index (χ0v) is 15.8. The lowest BCUT2D eigenvalue weighted by atomic mass is 10.0. The molecule has 0 aliphatic carbocycles. The Morgan fingerprint density at radius 2 is 1.85 bits per heavy atom. The van der Waals surface area contributed by atoms with Gasteiger partial charge in [-0.25, -0.2) is 0 Å². The van der Waals surface area contributed by atoms with Gasteiger partial charge in [-0.1, -0.05) is 50.6 Å². The quantitative estimate of drug-likeness (QED) is 0.743. The maximum atomic E-state index is 13.1. The molecule has 4 heteroatoms. The van der Waals surface area contributed by atoms with Crippen molar-refractivity contribution in [2.75, 3.05) is 4.90 Å². The van der Waals surface area contributed by atoms with Crippen LogP contribution in [0.5, 0.6) is 5.75 Å². The van der Waals surface area contributed by atoms with Gasteiger partial charge in [0.25, 0.3) is 5.91 Å². The van der Waals surface area contributed by atoms with Gasteiger partial charge in [-0.15, -0.1) is 0 Å². The van der Waals surface area contributed by atoms with Gasteiger partial charge >= 0.3 is 0 Å². The summed E-state index contributed by atoms with van der Waals surface area (Å²) in [4.78, 5) is 26.9. The van der Waals surface area contributed by atoms with Crippen molar-refractivity contribution in [3.05, 3.63) is 59.2 Å². The number of ketones is 1. The molecule has 0 spiro atoms. The lowest BCUT2D eigenvalue weighted by molar-refractivity contribution is -0.128. The summed E-state index contributed by atoms with van der Waals surface area (Å²) < 4.78 is 5.96. The van der Waals surface area contributed by atoms with E-state index in [9.17, 15) is 9.59 Å². The molecule has 1 atom stereocenters. The van der Waals surface area contributed by atoms with E-state index in [1.54, 1.807) is 17.0 Å². The van der Waals surface area contributed by atoms with E-state index in [2.05, 4.69) is 0 Å². The number of carbonyl (C=O) groups is 2. The minimum Gasteiger partial charge on any atom is -0.478 e. The van der Waals surface area contributed by atoms with Crippen LogP contribution in [0.3, 0.4) is 0 Å². The fourth-order valence-electron chi connectivity index (χ4n) is 3.13. The van der Waals surface area contributed by atoms with E-state index in [4.69, 9.17) is 4.74 Å². The highest BCUT2D eigenvalue weighted by atomic mass is 16.5. The summed E-state index contributed by atoms with van der Waals surface area (Å²) in [7, 11) is 0. The van der Waals surface area contributed by atoms with Crippen molar-refractivity contribution >= 4 is 17.4 Å². The van der Waals surface area contributed by atoms with Gasteiger partial charge in [0, 0.05) is 12.0 Å². The predicted molar refractivity (Wildman–Crippen MR) is 103 cm³/mol. The molecule has 0 radical (unpaired) electrons.